The monoisotopic (exact) mass is 456 g/mol. The van der Waals surface area contributed by atoms with Gasteiger partial charge in [-0.2, -0.15) is 4.31 Å². The number of ether oxygens (including phenoxy) is 1. The summed E-state index contributed by atoms with van der Waals surface area (Å²) in [7, 11) is -3.97. The first-order valence-electron chi connectivity index (χ1n) is 10.5. The second-order valence-electron chi connectivity index (χ2n) is 7.27. The fourth-order valence-electron chi connectivity index (χ4n) is 3.37. The first-order chi connectivity index (χ1) is 15.3. The lowest BCUT2D eigenvalue weighted by Crippen LogP contribution is -2.37. The van der Waals surface area contributed by atoms with Crippen molar-refractivity contribution in [3.63, 3.8) is 0 Å². The average molecular weight is 457 g/mol. The van der Waals surface area contributed by atoms with Gasteiger partial charge >= 0.3 is 0 Å². The molecule has 0 aliphatic rings. The van der Waals surface area contributed by atoms with E-state index < -0.39 is 15.9 Å². The molecule has 0 unspecified atom stereocenters. The molecule has 3 rings (SSSR count). The predicted molar refractivity (Wildman–Crippen MR) is 123 cm³/mol. The van der Waals surface area contributed by atoms with Crippen LogP contribution in [0.15, 0.2) is 70.2 Å². The average Bonchev–Trinajstić information content (AvgIpc) is 3.28. The smallest absolute Gasteiger partial charge is 0.243 e. The molecule has 170 valence electrons. The summed E-state index contributed by atoms with van der Waals surface area (Å²) in [6, 6.07) is 15.3. The number of carbonyl (C=O) groups excluding carboxylic acids is 1. The van der Waals surface area contributed by atoms with Crippen LogP contribution < -0.4 is 10.1 Å². The number of aryl methyl sites for hydroxylation is 2. The van der Waals surface area contributed by atoms with Crippen LogP contribution in [0.2, 0.25) is 0 Å². The van der Waals surface area contributed by atoms with Gasteiger partial charge in [0.1, 0.15) is 11.5 Å². The van der Waals surface area contributed by atoms with E-state index in [1.165, 1.54) is 18.4 Å². The van der Waals surface area contributed by atoms with Crippen LogP contribution in [0.1, 0.15) is 30.7 Å². The SMILES string of the molecule is CCOc1ccc(S(=O)(=O)N(CC(=O)Nc2c(C)cccc2CC)Cc2ccco2)cc1. The fourth-order valence-corrected chi connectivity index (χ4v) is 4.73. The number of hydrogen-bond donors (Lipinski definition) is 1. The number of nitrogens with one attached hydrogen (secondary N) is 1. The number of furan rings is 1. The van der Waals surface area contributed by atoms with Crippen molar-refractivity contribution in [2.24, 2.45) is 0 Å². The first kappa shape index (κ1) is 23.6. The minimum atomic E-state index is -3.97. The largest absolute Gasteiger partial charge is 0.494 e. The molecule has 7 nitrogen and oxygen atoms in total. The van der Waals surface area contributed by atoms with Gasteiger partial charge in [-0.1, -0.05) is 25.1 Å². The molecule has 1 N–H and O–H groups in total. The molecule has 0 aliphatic heterocycles. The third kappa shape index (κ3) is 5.57. The number of sulfonamides is 1. The number of hydrogen-bond acceptors (Lipinski definition) is 5. The van der Waals surface area contributed by atoms with Gasteiger partial charge in [0.15, 0.2) is 0 Å². The molecule has 0 radical (unpaired) electrons. The molecule has 2 aromatic carbocycles. The zero-order chi connectivity index (χ0) is 23.1. The molecule has 0 atom stereocenters. The minimum Gasteiger partial charge on any atom is -0.494 e. The van der Waals surface area contributed by atoms with Gasteiger partial charge in [0.25, 0.3) is 0 Å². The molecule has 1 aromatic heterocycles. The number of rotatable bonds is 10. The maximum atomic E-state index is 13.4. The second kappa shape index (κ2) is 10.5. The summed E-state index contributed by atoms with van der Waals surface area (Å²) in [6.07, 6.45) is 2.22. The second-order valence-corrected chi connectivity index (χ2v) is 9.21. The van der Waals surface area contributed by atoms with Gasteiger partial charge in [0, 0.05) is 5.69 Å². The molecule has 0 saturated heterocycles. The van der Waals surface area contributed by atoms with Gasteiger partial charge in [-0.05, 0) is 67.8 Å². The quantitative estimate of drug-likeness (QED) is 0.489. The maximum Gasteiger partial charge on any atom is 0.243 e. The van der Waals surface area contributed by atoms with Crippen LogP contribution in [0.25, 0.3) is 0 Å². The number of carbonyl (C=O) groups is 1. The lowest BCUT2D eigenvalue weighted by molar-refractivity contribution is -0.116. The molecule has 1 heterocycles. The first-order valence-corrected chi connectivity index (χ1v) is 11.9. The molecule has 32 heavy (non-hydrogen) atoms. The minimum absolute atomic E-state index is 0.0651. The molecule has 0 bridgehead atoms. The third-order valence-corrected chi connectivity index (χ3v) is 6.82. The molecule has 0 aliphatic carbocycles. The van der Waals surface area contributed by atoms with Gasteiger partial charge in [0.2, 0.25) is 15.9 Å². The van der Waals surface area contributed by atoms with Crippen LogP contribution in [0.3, 0.4) is 0 Å². The van der Waals surface area contributed by atoms with Crippen molar-refractivity contribution in [2.75, 3.05) is 18.5 Å². The predicted octanol–water partition coefficient (Wildman–Crippen LogP) is 4.38. The van der Waals surface area contributed by atoms with Crippen LogP contribution in [0.4, 0.5) is 5.69 Å². The van der Waals surface area contributed by atoms with E-state index in [-0.39, 0.29) is 18.0 Å². The van der Waals surface area contributed by atoms with Crippen LogP contribution in [0.5, 0.6) is 5.75 Å². The zero-order valence-electron chi connectivity index (χ0n) is 18.5. The molecular formula is C24H28N2O5S. The van der Waals surface area contributed by atoms with Crippen LogP contribution in [0, 0.1) is 6.92 Å². The van der Waals surface area contributed by atoms with Crippen molar-refractivity contribution < 1.29 is 22.4 Å². The molecule has 3 aromatic rings. The molecule has 0 spiro atoms. The van der Waals surface area contributed by atoms with Crippen molar-refractivity contribution in [3.8, 4) is 5.75 Å². The highest BCUT2D eigenvalue weighted by molar-refractivity contribution is 7.89. The van der Waals surface area contributed by atoms with E-state index in [0.29, 0.717) is 18.1 Å². The number of anilines is 1. The summed E-state index contributed by atoms with van der Waals surface area (Å²) in [5.41, 5.74) is 2.63. The van der Waals surface area contributed by atoms with Crippen molar-refractivity contribution in [2.45, 2.75) is 38.6 Å². The topological polar surface area (TPSA) is 88.9 Å². The maximum absolute atomic E-state index is 13.4. The normalized spacial score (nSPS) is 11.5. The Labute approximate surface area is 189 Å². The Bertz CT molecular complexity index is 1140. The van der Waals surface area contributed by atoms with Crippen molar-refractivity contribution >= 4 is 21.6 Å². The van der Waals surface area contributed by atoms with E-state index in [1.54, 1.807) is 24.3 Å². The Balaban J connectivity index is 1.86. The van der Waals surface area contributed by atoms with E-state index >= 15 is 0 Å². The van der Waals surface area contributed by atoms with Crippen LogP contribution in [-0.2, 0) is 27.8 Å². The van der Waals surface area contributed by atoms with E-state index in [9.17, 15) is 13.2 Å². The Hall–Kier alpha value is -3.10. The highest BCUT2D eigenvalue weighted by Crippen LogP contribution is 2.24. The Kier molecular flexibility index (Phi) is 7.71. The Morgan fingerprint density at radius 3 is 2.44 bits per heavy atom. The molecule has 0 saturated carbocycles. The third-order valence-electron chi connectivity index (χ3n) is 5.01. The van der Waals surface area contributed by atoms with Gasteiger partial charge in [-0.3, -0.25) is 4.79 Å². The Morgan fingerprint density at radius 2 is 1.81 bits per heavy atom. The van der Waals surface area contributed by atoms with Gasteiger partial charge < -0.3 is 14.5 Å². The summed E-state index contributed by atoms with van der Waals surface area (Å²) in [5, 5.41) is 2.89. The van der Waals surface area contributed by atoms with E-state index in [2.05, 4.69) is 5.32 Å². The fraction of sp³-hybridized carbons (Fsp3) is 0.292. The highest BCUT2D eigenvalue weighted by atomic mass is 32.2. The van der Waals surface area contributed by atoms with Gasteiger partial charge in [-0.25, -0.2) is 8.42 Å². The summed E-state index contributed by atoms with van der Waals surface area (Å²) in [6.45, 7) is 5.83. The lowest BCUT2D eigenvalue weighted by Gasteiger charge is -2.22. The van der Waals surface area contributed by atoms with E-state index in [1.807, 2.05) is 39.0 Å². The summed E-state index contributed by atoms with van der Waals surface area (Å²) in [5.74, 6) is 0.598. The molecule has 0 fully saturated rings. The number of nitrogens with zero attached hydrogens (tertiary/aromatic N) is 1. The van der Waals surface area contributed by atoms with E-state index in [4.69, 9.17) is 9.15 Å². The molecular weight excluding hydrogens is 428 g/mol. The van der Waals surface area contributed by atoms with Gasteiger partial charge in [-0.15, -0.1) is 0 Å². The molecule has 8 heteroatoms. The van der Waals surface area contributed by atoms with Crippen molar-refractivity contribution in [1.29, 1.82) is 0 Å². The number of para-hydroxylation sites is 1. The van der Waals surface area contributed by atoms with Crippen LogP contribution in [-0.4, -0.2) is 31.8 Å². The van der Waals surface area contributed by atoms with Crippen molar-refractivity contribution in [1.82, 2.24) is 4.31 Å². The van der Waals surface area contributed by atoms with Gasteiger partial charge in [0.05, 0.1) is 30.9 Å². The highest BCUT2D eigenvalue weighted by Gasteiger charge is 2.28. The number of amides is 1. The number of benzene rings is 2. The van der Waals surface area contributed by atoms with Crippen molar-refractivity contribution in [3.05, 3.63) is 77.7 Å². The lowest BCUT2D eigenvalue weighted by atomic mass is 10.1. The summed E-state index contributed by atoms with van der Waals surface area (Å²) < 4.78 is 38.6. The van der Waals surface area contributed by atoms with Crippen LogP contribution >= 0.6 is 0 Å². The van der Waals surface area contributed by atoms with E-state index in [0.717, 1.165) is 27.5 Å². The standard InChI is InChI=1S/C24H28N2O5S/c1-4-19-9-6-8-18(3)24(19)25-23(27)17-26(16-21-10-7-15-31-21)32(28,29)22-13-11-20(12-14-22)30-5-2/h6-15H,4-5,16-17H2,1-3H3,(H,25,27). The zero-order valence-corrected chi connectivity index (χ0v) is 19.3. The molecule has 1 amide bonds. The summed E-state index contributed by atoms with van der Waals surface area (Å²) >= 11 is 0. The Morgan fingerprint density at radius 1 is 1.06 bits per heavy atom. The summed E-state index contributed by atoms with van der Waals surface area (Å²) in [4.78, 5) is 13.0.